The lowest BCUT2D eigenvalue weighted by atomic mass is 9.87. The highest BCUT2D eigenvalue weighted by molar-refractivity contribution is 6.03. The first-order valence-electron chi connectivity index (χ1n) is 9.29. The minimum atomic E-state index is -0.330. The molecule has 0 heterocycles. The van der Waals surface area contributed by atoms with Crippen molar-refractivity contribution in [3.63, 3.8) is 0 Å². The second-order valence-electron chi connectivity index (χ2n) is 7.18. The van der Waals surface area contributed by atoms with Gasteiger partial charge >= 0.3 is 6.03 Å². The second kappa shape index (κ2) is 8.12. The Morgan fingerprint density at radius 3 is 2.70 bits per heavy atom. The van der Waals surface area contributed by atoms with Crippen molar-refractivity contribution in [3.05, 3.63) is 59.2 Å². The van der Waals surface area contributed by atoms with Crippen LogP contribution in [0, 0.1) is 0 Å². The maximum atomic E-state index is 12.9. The molecule has 2 aromatic carbocycles. The van der Waals surface area contributed by atoms with Crippen LogP contribution in [0.5, 0.6) is 0 Å². The SMILES string of the molecule is CC(C)NC(=O)Nc1ccccc1C(=O)NC1CCCc2cc(N)ccc21. The van der Waals surface area contributed by atoms with E-state index in [2.05, 4.69) is 16.0 Å². The van der Waals surface area contributed by atoms with E-state index in [-0.39, 0.29) is 24.0 Å². The summed E-state index contributed by atoms with van der Waals surface area (Å²) < 4.78 is 0. The number of nitrogen functional groups attached to an aromatic ring is 1. The van der Waals surface area contributed by atoms with E-state index in [9.17, 15) is 9.59 Å². The van der Waals surface area contributed by atoms with E-state index >= 15 is 0 Å². The molecular weight excluding hydrogens is 340 g/mol. The second-order valence-corrected chi connectivity index (χ2v) is 7.18. The summed E-state index contributed by atoms with van der Waals surface area (Å²) in [7, 11) is 0. The third-order valence-corrected chi connectivity index (χ3v) is 4.63. The van der Waals surface area contributed by atoms with E-state index in [1.54, 1.807) is 24.3 Å². The molecule has 27 heavy (non-hydrogen) atoms. The minimum absolute atomic E-state index is 0.0113. The number of aryl methyl sites for hydroxylation is 1. The number of benzene rings is 2. The van der Waals surface area contributed by atoms with E-state index < -0.39 is 0 Å². The van der Waals surface area contributed by atoms with Crippen LogP contribution >= 0.6 is 0 Å². The molecule has 0 aliphatic heterocycles. The van der Waals surface area contributed by atoms with Gasteiger partial charge in [0, 0.05) is 11.7 Å². The average molecular weight is 366 g/mol. The fraction of sp³-hybridized carbons (Fsp3) is 0.333. The zero-order chi connectivity index (χ0) is 19.4. The largest absolute Gasteiger partial charge is 0.399 e. The Hall–Kier alpha value is -3.02. The van der Waals surface area contributed by atoms with E-state index in [1.807, 2.05) is 32.0 Å². The van der Waals surface area contributed by atoms with Crippen LogP contribution in [0.4, 0.5) is 16.2 Å². The molecule has 5 N–H and O–H groups in total. The summed E-state index contributed by atoms with van der Waals surface area (Å²) in [6.45, 7) is 3.76. The third kappa shape index (κ3) is 4.58. The summed E-state index contributed by atoms with van der Waals surface area (Å²) in [6, 6.07) is 12.5. The highest BCUT2D eigenvalue weighted by atomic mass is 16.2. The number of carbonyl (C=O) groups is 2. The monoisotopic (exact) mass is 366 g/mol. The Morgan fingerprint density at radius 1 is 1.15 bits per heavy atom. The van der Waals surface area contributed by atoms with Crippen LogP contribution in [0.25, 0.3) is 0 Å². The molecule has 6 nitrogen and oxygen atoms in total. The lowest BCUT2D eigenvalue weighted by molar-refractivity contribution is 0.0933. The number of amides is 3. The van der Waals surface area contributed by atoms with Crippen molar-refractivity contribution >= 4 is 23.3 Å². The molecule has 3 amide bonds. The fourth-order valence-corrected chi connectivity index (χ4v) is 3.43. The molecule has 142 valence electrons. The number of urea groups is 1. The van der Waals surface area contributed by atoms with Gasteiger partial charge in [0.25, 0.3) is 5.91 Å². The van der Waals surface area contributed by atoms with Crippen LogP contribution in [-0.2, 0) is 6.42 Å². The molecule has 0 saturated heterocycles. The number of hydrogen-bond donors (Lipinski definition) is 4. The number of rotatable bonds is 4. The van der Waals surface area contributed by atoms with Gasteiger partial charge in [-0.25, -0.2) is 4.79 Å². The highest BCUT2D eigenvalue weighted by Gasteiger charge is 2.23. The van der Waals surface area contributed by atoms with Gasteiger partial charge in [-0.05, 0) is 68.5 Å². The van der Waals surface area contributed by atoms with E-state index in [4.69, 9.17) is 5.73 Å². The van der Waals surface area contributed by atoms with Crippen molar-refractivity contribution in [1.82, 2.24) is 10.6 Å². The van der Waals surface area contributed by atoms with E-state index in [0.717, 1.165) is 30.5 Å². The maximum Gasteiger partial charge on any atom is 0.319 e. The third-order valence-electron chi connectivity index (χ3n) is 4.63. The normalized spacial score (nSPS) is 15.7. The first kappa shape index (κ1) is 18.8. The molecule has 1 aliphatic carbocycles. The van der Waals surface area contributed by atoms with Crippen molar-refractivity contribution in [3.8, 4) is 0 Å². The van der Waals surface area contributed by atoms with Gasteiger partial charge < -0.3 is 21.7 Å². The summed E-state index contributed by atoms with van der Waals surface area (Å²) in [5, 5.41) is 8.64. The topological polar surface area (TPSA) is 96.2 Å². The maximum absolute atomic E-state index is 12.9. The smallest absolute Gasteiger partial charge is 0.319 e. The van der Waals surface area contributed by atoms with Gasteiger partial charge in [0.1, 0.15) is 0 Å². The number of para-hydroxylation sites is 1. The van der Waals surface area contributed by atoms with Crippen molar-refractivity contribution in [2.24, 2.45) is 0 Å². The zero-order valence-electron chi connectivity index (χ0n) is 15.7. The van der Waals surface area contributed by atoms with Crippen LogP contribution in [-0.4, -0.2) is 18.0 Å². The summed E-state index contributed by atoms with van der Waals surface area (Å²) in [6.07, 6.45) is 2.85. The number of carbonyl (C=O) groups excluding carboxylic acids is 2. The van der Waals surface area contributed by atoms with Crippen LogP contribution in [0.15, 0.2) is 42.5 Å². The predicted octanol–water partition coefficient (Wildman–Crippen LogP) is 3.61. The Morgan fingerprint density at radius 2 is 1.93 bits per heavy atom. The average Bonchev–Trinajstić information content (AvgIpc) is 2.61. The molecule has 0 fully saturated rings. The molecule has 0 saturated carbocycles. The van der Waals surface area contributed by atoms with Gasteiger partial charge in [-0.3, -0.25) is 4.79 Å². The Labute approximate surface area is 159 Å². The first-order chi connectivity index (χ1) is 12.9. The molecular formula is C21H26N4O2. The molecule has 1 unspecified atom stereocenters. The van der Waals surface area contributed by atoms with Gasteiger partial charge in [-0.2, -0.15) is 0 Å². The lowest BCUT2D eigenvalue weighted by Gasteiger charge is -2.27. The van der Waals surface area contributed by atoms with E-state index in [1.165, 1.54) is 5.56 Å². The van der Waals surface area contributed by atoms with Crippen molar-refractivity contribution < 1.29 is 9.59 Å². The van der Waals surface area contributed by atoms with Gasteiger partial charge in [0.05, 0.1) is 17.3 Å². The van der Waals surface area contributed by atoms with E-state index in [0.29, 0.717) is 11.3 Å². The first-order valence-corrected chi connectivity index (χ1v) is 9.29. The Balaban J connectivity index is 1.77. The molecule has 0 spiro atoms. The number of nitrogens with one attached hydrogen (secondary N) is 3. The molecule has 0 radical (unpaired) electrons. The van der Waals surface area contributed by atoms with Gasteiger partial charge in [0.2, 0.25) is 0 Å². The van der Waals surface area contributed by atoms with Crippen LogP contribution in [0.2, 0.25) is 0 Å². The van der Waals surface area contributed by atoms with Gasteiger partial charge in [0.15, 0.2) is 0 Å². The van der Waals surface area contributed by atoms with Crippen molar-refractivity contribution in [2.45, 2.75) is 45.2 Å². The summed E-state index contributed by atoms with van der Waals surface area (Å²) >= 11 is 0. The number of fused-ring (bicyclic) bond motifs is 1. The van der Waals surface area contributed by atoms with Crippen molar-refractivity contribution in [1.29, 1.82) is 0 Å². The van der Waals surface area contributed by atoms with Crippen LogP contribution in [0.1, 0.15) is 54.2 Å². The van der Waals surface area contributed by atoms with Crippen molar-refractivity contribution in [2.75, 3.05) is 11.1 Å². The van der Waals surface area contributed by atoms with Crippen LogP contribution in [0.3, 0.4) is 0 Å². The molecule has 3 rings (SSSR count). The zero-order valence-corrected chi connectivity index (χ0v) is 15.7. The van der Waals surface area contributed by atoms with Gasteiger partial charge in [-0.1, -0.05) is 18.2 Å². The number of anilines is 2. The van der Waals surface area contributed by atoms with Gasteiger partial charge in [-0.15, -0.1) is 0 Å². The predicted molar refractivity (Wildman–Crippen MR) is 108 cm³/mol. The molecule has 2 aromatic rings. The molecule has 1 atom stereocenters. The molecule has 1 aliphatic rings. The van der Waals surface area contributed by atoms with Crippen LogP contribution < -0.4 is 21.7 Å². The highest BCUT2D eigenvalue weighted by Crippen LogP contribution is 2.31. The Bertz CT molecular complexity index is 848. The Kier molecular flexibility index (Phi) is 5.64. The number of nitrogens with two attached hydrogens (primary N) is 1. The lowest BCUT2D eigenvalue weighted by Crippen LogP contribution is -2.35. The fourth-order valence-electron chi connectivity index (χ4n) is 3.43. The molecule has 0 aromatic heterocycles. The number of hydrogen-bond acceptors (Lipinski definition) is 3. The molecule has 6 heteroatoms. The standard InChI is InChI=1S/C21H26N4O2/c1-13(2)23-21(27)25-19-8-4-3-7-17(19)20(26)24-18-9-5-6-14-12-15(22)10-11-16(14)18/h3-4,7-8,10-13,18H,5-6,9,22H2,1-2H3,(H,24,26)(H2,23,25,27). The summed E-state index contributed by atoms with van der Waals surface area (Å²) in [4.78, 5) is 24.9. The summed E-state index contributed by atoms with van der Waals surface area (Å²) in [5.41, 5.74) is 9.87. The molecule has 0 bridgehead atoms. The summed E-state index contributed by atoms with van der Waals surface area (Å²) in [5.74, 6) is -0.204. The minimum Gasteiger partial charge on any atom is -0.399 e. The quantitative estimate of drug-likeness (QED) is 0.623.